The molecule has 1 fully saturated rings. The number of dihydropyridines is 1. The molecule has 6 heteroatoms. The molecule has 0 unspecified atom stereocenters. The number of amides is 1. The van der Waals surface area contributed by atoms with Gasteiger partial charge >= 0.3 is 0 Å². The number of ketones is 1. The summed E-state index contributed by atoms with van der Waals surface area (Å²) < 4.78 is 6.39. The number of nitrogens with one attached hydrogen (secondary N) is 1. The smallest absolute Gasteiger partial charge is 0.252 e. The number of carbonyl (C=O) groups excluding carboxylic acids is 2. The average Bonchev–Trinajstić information content (AvgIpc) is 2.67. The van der Waals surface area contributed by atoms with Gasteiger partial charge in [0.2, 0.25) is 0 Å². The van der Waals surface area contributed by atoms with E-state index in [-0.39, 0.29) is 23.0 Å². The molecule has 0 aromatic heterocycles. The van der Waals surface area contributed by atoms with E-state index in [1.807, 2.05) is 36.1 Å². The quantitative estimate of drug-likeness (QED) is 0.729. The van der Waals surface area contributed by atoms with Crippen LogP contribution in [-0.4, -0.2) is 42.9 Å². The molecule has 1 aromatic rings. The highest BCUT2D eigenvalue weighted by atomic mass is 79.9. The van der Waals surface area contributed by atoms with Gasteiger partial charge < -0.3 is 15.0 Å². The maximum atomic E-state index is 13.6. The van der Waals surface area contributed by atoms with E-state index in [2.05, 4.69) is 35.1 Å². The van der Waals surface area contributed by atoms with E-state index >= 15 is 0 Å². The summed E-state index contributed by atoms with van der Waals surface area (Å²) in [6.07, 6.45) is 1.30. The van der Waals surface area contributed by atoms with Gasteiger partial charge in [0.25, 0.3) is 5.91 Å². The van der Waals surface area contributed by atoms with Gasteiger partial charge in [0, 0.05) is 52.4 Å². The van der Waals surface area contributed by atoms with Crippen molar-refractivity contribution in [3.8, 4) is 0 Å². The van der Waals surface area contributed by atoms with Crippen molar-refractivity contribution in [1.29, 1.82) is 0 Å². The Morgan fingerprint density at radius 3 is 2.48 bits per heavy atom. The van der Waals surface area contributed by atoms with Crippen molar-refractivity contribution in [3.05, 3.63) is 56.8 Å². The van der Waals surface area contributed by atoms with Crippen molar-refractivity contribution in [2.45, 2.75) is 39.5 Å². The monoisotopic (exact) mass is 458 g/mol. The largest absolute Gasteiger partial charge is 0.378 e. The van der Waals surface area contributed by atoms with E-state index in [9.17, 15) is 9.59 Å². The number of rotatable bonds is 2. The van der Waals surface area contributed by atoms with E-state index in [1.54, 1.807) is 0 Å². The zero-order valence-corrected chi connectivity index (χ0v) is 18.8. The molecule has 0 radical (unpaired) electrons. The second kappa shape index (κ2) is 7.73. The second-order valence-electron chi connectivity index (χ2n) is 8.89. The number of Topliss-reactive ketones (excluding diaryl/α,β-unsaturated/α-hetero) is 1. The second-order valence-corrected chi connectivity index (χ2v) is 9.80. The highest BCUT2D eigenvalue weighted by Gasteiger charge is 2.43. The van der Waals surface area contributed by atoms with Crippen molar-refractivity contribution in [1.82, 2.24) is 10.2 Å². The first-order valence-electron chi connectivity index (χ1n) is 10.1. The molecule has 29 heavy (non-hydrogen) atoms. The van der Waals surface area contributed by atoms with Crippen LogP contribution < -0.4 is 5.32 Å². The van der Waals surface area contributed by atoms with E-state index in [0.717, 1.165) is 33.4 Å². The third kappa shape index (κ3) is 3.92. The highest BCUT2D eigenvalue weighted by molar-refractivity contribution is 9.10. The number of hydrogen-bond donors (Lipinski definition) is 1. The fourth-order valence-electron chi connectivity index (χ4n) is 4.64. The fraction of sp³-hybridized carbons (Fsp3) is 0.478. The lowest BCUT2D eigenvalue weighted by Crippen LogP contribution is -2.45. The zero-order chi connectivity index (χ0) is 20.8. The molecular formula is C23H27BrN2O3. The van der Waals surface area contributed by atoms with Crippen LogP contribution >= 0.6 is 15.9 Å². The zero-order valence-electron chi connectivity index (χ0n) is 17.2. The average molecular weight is 459 g/mol. The lowest BCUT2D eigenvalue weighted by Gasteiger charge is -2.41. The van der Waals surface area contributed by atoms with Crippen LogP contribution in [0.1, 0.15) is 45.1 Å². The van der Waals surface area contributed by atoms with Crippen LogP contribution in [0, 0.1) is 5.41 Å². The SMILES string of the molecule is CC1=C(C(=O)N2CCOCC2)[C@@H](c2ccc(Br)cc2)C2=C(CC(C)(C)CC2=O)N1. The van der Waals surface area contributed by atoms with Crippen LogP contribution in [0.2, 0.25) is 0 Å². The van der Waals surface area contributed by atoms with E-state index < -0.39 is 0 Å². The van der Waals surface area contributed by atoms with Gasteiger partial charge in [0.15, 0.2) is 5.78 Å². The molecule has 2 heterocycles. The number of allylic oxidation sites excluding steroid dienone is 3. The Kier molecular flexibility index (Phi) is 5.42. The molecule has 1 aromatic carbocycles. The number of halogens is 1. The molecule has 0 bridgehead atoms. The standard InChI is InChI=1S/C23H27BrN2O3/c1-14-19(22(28)26-8-10-29-11-9-26)20(15-4-6-16(24)7-5-15)21-17(25-14)12-23(2,3)13-18(21)27/h4-7,20,25H,8-13H2,1-3H3/t20-/m1/s1. The van der Waals surface area contributed by atoms with Gasteiger partial charge in [0.1, 0.15) is 0 Å². The summed E-state index contributed by atoms with van der Waals surface area (Å²) in [6.45, 7) is 8.46. The van der Waals surface area contributed by atoms with Crippen LogP contribution in [0.15, 0.2) is 51.3 Å². The van der Waals surface area contributed by atoms with E-state index in [4.69, 9.17) is 4.74 Å². The Labute approximate surface area is 180 Å². The van der Waals surface area contributed by atoms with Crippen LogP contribution in [-0.2, 0) is 14.3 Å². The minimum atomic E-state index is -0.335. The Morgan fingerprint density at radius 1 is 1.17 bits per heavy atom. The number of ether oxygens (including phenoxy) is 1. The Bertz CT molecular complexity index is 909. The molecule has 5 nitrogen and oxygen atoms in total. The molecular weight excluding hydrogens is 432 g/mol. The van der Waals surface area contributed by atoms with Crippen LogP contribution in [0.25, 0.3) is 0 Å². The van der Waals surface area contributed by atoms with Crippen molar-refractivity contribution >= 4 is 27.6 Å². The molecule has 1 saturated heterocycles. The van der Waals surface area contributed by atoms with Crippen molar-refractivity contribution in [2.75, 3.05) is 26.3 Å². The van der Waals surface area contributed by atoms with Crippen LogP contribution in [0.4, 0.5) is 0 Å². The van der Waals surface area contributed by atoms with Crippen molar-refractivity contribution in [3.63, 3.8) is 0 Å². The minimum absolute atomic E-state index is 0.00426. The normalized spacial score (nSPS) is 24.3. The molecule has 3 aliphatic rings. The van der Waals surface area contributed by atoms with E-state index in [1.165, 1.54) is 0 Å². The van der Waals surface area contributed by atoms with Crippen molar-refractivity contribution < 1.29 is 14.3 Å². The summed E-state index contributed by atoms with van der Waals surface area (Å²) in [7, 11) is 0. The summed E-state index contributed by atoms with van der Waals surface area (Å²) in [5.41, 5.74) is 4.15. The maximum Gasteiger partial charge on any atom is 0.252 e. The molecule has 0 spiro atoms. The lowest BCUT2D eigenvalue weighted by atomic mass is 9.68. The van der Waals surface area contributed by atoms with Crippen LogP contribution in [0.5, 0.6) is 0 Å². The highest BCUT2D eigenvalue weighted by Crippen LogP contribution is 2.47. The summed E-state index contributed by atoms with van der Waals surface area (Å²) in [6, 6.07) is 7.97. The topological polar surface area (TPSA) is 58.6 Å². The predicted molar refractivity (Wildman–Crippen MR) is 115 cm³/mol. The number of hydrogen-bond acceptors (Lipinski definition) is 4. The first kappa shape index (κ1) is 20.4. The van der Waals surface area contributed by atoms with Gasteiger partial charge in [0.05, 0.1) is 13.2 Å². The third-order valence-corrected chi connectivity index (χ3v) is 6.50. The number of nitrogens with zero attached hydrogens (tertiary/aromatic N) is 1. The van der Waals surface area contributed by atoms with Gasteiger partial charge in [-0.3, -0.25) is 9.59 Å². The predicted octanol–water partition coefficient (Wildman–Crippen LogP) is 3.91. The number of morpholine rings is 1. The van der Waals surface area contributed by atoms with Gasteiger partial charge in [-0.25, -0.2) is 0 Å². The van der Waals surface area contributed by atoms with Gasteiger partial charge in [-0.1, -0.05) is 41.9 Å². The summed E-state index contributed by atoms with van der Waals surface area (Å²) >= 11 is 3.49. The Morgan fingerprint density at radius 2 is 1.83 bits per heavy atom. The lowest BCUT2D eigenvalue weighted by molar-refractivity contribution is -0.131. The first-order valence-corrected chi connectivity index (χ1v) is 10.9. The summed E-state index contributed by atoms with van der Waals surface area (Å²) in [5, 5.41) is 3.44. The Hall–Kier alpha value is -1.92. The van der Waals surface area contributed by atoms with Crippen molar-refractivity contribution in [2.24, 2.45) is 5.41 Å². The van der Waals surface area contributed by atoms with Gasteiger partial charge in [-0.15, -0.1) is 0 Å². The summed E-state index contributed by atoms with van der Waals surface area (Å²) in [4.78, 5) is 28.7. The van der Waals surface area contributed by atoms with Gasteiger partial charge in [-0.2, -0.15) is 0 Å². The molecule has 1 aliphatic carbocycles. The number of carbonyl (C=O) groups is 2. The fourth-order valence-corrected chi connectivity index (χ4v) is 4.91. The van der Waals surface area contributed by atoms with Gasteiger partial charge in [-0.05, 0) is 36.5 Å². The third-order valence-electron chi connectivity index (χ3n) is 5.97. The molecule has 4 rings (SSSR count). The molecule has 0 saturated carbocycles. The molecule has 1 amide bonds. The molecule has 1 N–H and O–H groups in total. The molecule has 154 valence electrons. The van der Waals surface area contributed by atoms with Crippen LogP contribution in [0.3, 0.4) is 0 Å². The molecule has 2 aliphatic heterocycles. The first-order chi connectivity index (χ1) is 13.8. The summed E-state index contributed by atoms with van der Waals surface area (Å²) in [5.74, 6) is -0.204. The minimum Gasteiger partial charge on any atom is -0.378 e. The molecule has 1 atom stereocenters. The number of benzene rings is 1. The maximum absolute atomic E-state index is 13.6. The van der Waals surface area contributed by atoms with E-state index in [0.29, 0.717) is 38.3 Å². The Balaban J connectivity index is 1.82.